The monoisotopic (exact) mass is 265 g/mol. The summed E-state index contributed by atoms with van der Waals surface area (Å²) in [6, 6.07) is 7.70. The predicted molar refractivity (Wildman–Crippen MR) is 75.6 cm³/mol. The lowest BCUT2D eigenvalue weighted by Gasteiger charge is -2.37. The minimum atomic E-state index is -0.133. The van der Waals surface area contributed by atoms with Gasteiger partial charge in [-0.05, 0) is 55.1 Å². The molecule has 1 saturated carbocycles. The number of rotatable bonds is 4. The molecule has 1 aromatic carbocycles. The van der Waals surface area contributed by atoms with Crippen molar-refractivity contribution in [2.45, 2.75) is 42.9 Å². The maximum atomic E-state index is 12.8. The van der Waals surface area contributed by atoms with Gasteiger partial charge in [-0.1, -0.05) is 12.1 Å². The number of benzene rings is 1. The van der Waals surface area contributed by atoms with Crippen LogP contribution in [-0.2, 0) is 0 Å². The van der Waals surface area contributed by atoms with E-state index in [0.717, 1.165) is 5.25 Å². The lowest BCUT2D eigenvalue weighted by atomic mass is 9.76. The molecule has 1 saturated heterocycles. The van der Waals surface area contributed by atoms with E-state index < -0.39 is 0 Å². The van der Waals surface area contributed by atoms with Gasteiger partial charge in [0, 0.05) is 17.8 Å². The van der Waals surface area contributed by atoms with E-state index in [1.54, 1.807) is 12.1 Å². The van der Waals surface area contributed by atoms with Crippen molar-refractivity contribution < 1.29 is 4.39 Å². The van der Waals surface area contributed by atoms with Gasteiger partial charge in [-0.2, -0.15) is 11.8 Å². The van der Waals surface area contributed by atoms with Crippen molar-refractivity contribution in [3.05, 3.63) is 35.6 Å². The van der Waals surface area contributed by atoms with Gasteiger partial charge < -0.3 is 5.32 Å². The van der Waals surface area contributed by atoms with E-state index >= 15 is 0 Å². The summed E-state index contributed by atoms with van der Waals surface area (Å²) >= 11 is 2.11. The zero-order chi connectivity index (χ0) is 12.4. The molecule has 2 fully saturated rings. The third kappa shape index (κ3) is 2.89. The number of hydrogen-bond donors (Lipinski definition) is 1. The molecule has 0 radical (unpaired) electrons. The minimum absolute atomic E-state index is 0.133. The van der Waals surface area contributed by atoms with Crippen LogP contribution in [0, 0.1) is 5.82 Å². The molecule has 1 N–H and O–H groups in total. The van der Waals surface area contributed by atoms with Crippen LogP contribution in [0.15, 0.2) is 24.3 Å². The normalized spacial score (nSPS) is 31.3. The fraction of sp³-hybridized carbons (Fsp3) is 0.600. The van der Waals surface area contributed by atoms with E-state index in [2.05, 4.69) is 17.1 Å². The Morgan fingerprint density at radius 1 is 1.22 bits per heavy atom. The molecule has 3 heteroatoms. The van der Waals surface area contributed by atoms with E-state index in [1.807, 2.05) is 12.1 Å². The molecule has 2 aliphatic rings. The highest BCUT2D eigenvalue weighted by Gasteiger charge is 2.30. The third-order valence-electron chi connectivity index (χ3n) is 4.14. The largest absolute Gasteiger partial charge is 0.313 e. The Morgan fingerprint density at radius 3 is 2.67 bits per heavy atom. The SMILES string of the molecule is Fc1ccc(C2CC(NCC3CCCS3)C2)cc1. The zero-order valence-corrected chi connectivity index (χ0v) is 11.4. The molecule has 0 aromatic heterocycles. The second kappa shape index (κ2) is 5.62. The van der Waals surface area contributed by atoms with Crippen molar-refractivity contribution >= 4 is 11.8 Å². The van der Waals surface area contributed by atoms with E-state index in [1.165, 1.54) is 43.5 Å². The molecule has 1 atom stereocenters. The van der Waals surface area contributed by atoms with Gasteiger partial charge in [-0.15, -0.1) is 0 Å². The topological polar surface area (TPSA) is 12.0 Å². The summed E-state index contributed by atoms with van der Waals surface area (Å²) in [7, 11) is 0. The Bertz CT molecular complexity index is 380. The highest BCUT2D eigenvalue weighted by molar-refractivity contribution is 8.00. The van der Waals surface area contributed by atoms with Crippen molar-refractivity contribution in [2.24, 2.45) is 0 Å². The summed E-state index contributed by atoms with van der Waals surface area (Å²) in [5, 5.41) is 4.52. The lowest BCUT2D eigenvalue weighted by Crippen LogP contribution is -2.42. The summed E-state index contributed by atoms with van der Waals surface area (Å²) in [5.74, 6) is 1.85. The smallest absolute Gasteiger partial charge is 0.123 e. The standard InChI is InChI=1S/C15H20FNS/c16-13-5-3-11(4-6-13)12-8-14(9-12)17-10-15-2-1-7-18-15/h3-6,12,14-15,17H,1-2,7-10H2. The molecule has 98 valence electrons. The van der Waals surface area contributed by atoms with Gasteiger partial charge in [-0.3, -0.25) is 0 Å². The van der Waals surface area contributed by atoms with Crippen LogP contribution in [0.2, 0.25) is 0 Å². The fourth-order valence-corrected chi connectivity index (χ4v) is 4.11. The first-order chi connectivity index (χ1) is 8.81. The molecule has 1 aliphatic carbocycles. The fourth-order valence-electron chi connectivity index (χ4n) is 2.90. The Kier molecular flexibility index (Phi) is 3.90. The summed E-state index contributed by atoms with van der Waals surface area (Å²) in [4.78, 5) is 0. The van der Waals surface area contributed by atoms with Crippen molar-refractivity contribution in [3.63, 3.8) is 0 Å². The molecule has 1 nitrogen and oxygen atoms in total. The molecule has 1 aromatic rings. The first-order valence-electron chi connectivity index (χ1n) is 6.92. The molecule has 1 aliphatic heterocycles. The van der Waals surface area contributed by atoms with E-state index in [-0.39, 0.29) is 5.82 Å². The Hall–Kier alpha value is -0.540. The van der Waals surface area contributed by atoms with Crippen LogP contribution in [-0.4, -0.2) is 23.6 Å². The summed E-state index contributed by atoms with van der Waals surface area (Å²) < 4.78 is 12.8. The molecule has 0 bridgehead atoms. The van der Waals surface area contributed by atoms with Crippen molar-refractivity contribution in [1.82, 2.24) is 5.32 Å². The van der Waals surface area contributed by atoms with Crippen molar-refractivity contribution in [1.29, 1.82) is 0 Å². The second-order valence-electron chi connectivity index (χ2n) is 5.46. The molecule has 3 rings (SSSR count). The van der Waals surface area contributed by atoms with Gasteiger partial charge in [0.25, 0.3) is 0 Å². The Labute approximate surface area is 113 Å². The van der Waals surface area contributed by atoms with Crippen LogP contribution in [0.5, 0.6) is 0 Å². The molecular weight excluding hydrogens is 245 g/mol. The van der Waals surface area contributed by atoms with Gasteiger partial charge in [-0.25, -0.2) is 4.39 Å². The van der Waals surface area contributed by atoms with Gasteiger partial charge in [0.15, 0.2) is 0 Å². The van der Waals surface area contributed by atoms with Crippen LogP contribution in [0.25, 0.3) is 0 Å². The quantitative estimate of drug-likeness (QED) is 0.893. The first kappa shape index (κ1) is 12.5. The third-order valence-corrected chi connectivity index (χ3v) is 5.54. The van der Waals surface area contributed by atoms with Crippen LogP contribution < -0.4 is 5.32 Å². The van der Waals surface area contributed by atoms with Crippen LogP contribution in [0.3, 0.4) is 0 Å². The number of halogens is 1. The Balaban J connectivity index is 1.41. The number of hydrogen-bond acceptors (Lipinski definition) is 2. The number of nitrogens with one attached hydrogen (secondary N) is 1. The zero-order valence-electron chi connectivity index (χ0n) is 10.6. The van der Waals surface area contributed by atoms with Crippen LogP contribution in [0.1, 0.15) is 37.2 Å². The van der Waals surface area contributed by atoms with Crippen LogP contribution >= 0.6 is 11.8 Å². The molecular formula is C15H20FNS. The first-order valence-corrected chi connectivity index (χ1v) is 7.96. The predicted octanol–water partition coefficient (Wildman–Crippen LogP) is 3.56. The van der Waals surface area contributed by atoms with Gasteiger partial charge >= 0.3 is 0 Å². The minimum Gasteiger partial charge on any atom is -0.313 e. The highest BCUT2D eigenvalue weighted by atomic mass is 32.2. The summed E-state index contributed by atoms with van der Waals surface area (Å²) in [6.07, 6.45) is 5.19. The lowest BCUT2D eigenvalue weighted by molar-refractivity contribution is 0.291. The molecule has 0 spiro atoms. The molecule has 1 heterocycles. The van der Waals surface area contributed by atoms with Crippen LogP contribution in [0.4, 0.5) is 4.39 Å². The number of thioether (sulfide) groups is 1. The van der Waals surface area contributed by atoms with E-state index in [4.69, 9.17) is 0 Å². The average molecular weight is 265 g/mol. The van der Waals surface area contributed by atoms with E-state index in [9.17, 15) is 4.39 Å². The molecule has 18 heavy (non-hydrogen) atoms. The van der Waals surface area contributed by atoms with Gasteiger partial charge in [0.05, 0.1) is 0 Å². The van der Waals surface area contributed by atoms with Gasteiger partial charge in [0.2, 0.25) is 0 Å². The summed E-state index contributed by atoms with van der Waals surface area (Å²) in [5.41, 5.74) is 1.30. The van der Waals surface area contributed by atoms with Crippen molar-refractivity contribution in [2.75, 3.05) is 12.3 Å². The molecule has 1 unspecified atom stereocenters. The highest BCUT2D eigenvalue weighted by Crippen LogP contribution is 2.37. The Morgan fingerprint density at radius 2 is 2.00 bits per heavy atom. The second-order valence-corrected chi connectivity index (χ2v) is 6.87. The van der Waals surface area contributed by atoms with E-state index in [0.29, 0.717) is 12.0 Å². The van der Waals surface area contributed by atoms with Gasteiger partial charge in [0.1, 0.15) is 5.82 Å². The molecule has 0 amide bonds. The summed E-state index contributed by atoms with van der Waals surface area (Å²) in [6.45, 7) is 1.17. The maximum Gasteiger partial charge on any atom is 0.123 e. The maximum absolute atomic E-state index is 12.8. The van der Waals surface area contributed by atoms with Crippen molar-refractivity contribution in [3.8, 4) is 0 Å². The average Bonchev–Trinajstić information content (AvgIpc) is 2.82.